The molecule has 2 rings (SSSR count). The standard InChI is InChI=1S/C15H14O2.C2H6/c1-11(16)15(17)14-10-6-5-9-13(14)12-7-3-2-4-8-12;1-2/h2-10,15,17H,1H3;1-2H3. The largest absolute Gasteiger partial charge is 0.381 e. The summed E-state index contributed by atoms with van der Waals surface area (Å²) < 4.78 is 0. The van der Waals surface area contributed by atoms with Crippen molar-refractivity contribution in [1.29, 1.82) is 0 Å². The SMILES string of the molecule is CC.CC(=O)C(O)c1ccccc1-c1ccccc1. The van der Waals surface area contributed by atoms with E-state index < -0.39 is 6.10 Å². The Bertz CT molecular complexity index is 518. The fourth-order valence-electron chi connectivity index (χ4n) is 1.84. The molecule has 1 atom stereocenters. The molecule has 100 valence electrons. The Morgan fingerprint density at radius 2 is 1.47 bits per heavy atom. The first-order valence-electron chi connectivity index (χ1n) is 6.53. The van der Waals surface area contributed by atoms with E-state index in [0.717, 1.165) is 11.1 Å². The van der Waals surface area contributed by atoms with E-state index in [1.807, 2.05) is 62.4 Å². The van der Waals surface area contributed by atoms with Gasteiger partial charge in [-0.05, 0) is 23.6 Å². The summed E-state index contributed by atoms with van der Waals surface area (Å²) in [6.45, 7) is 5.40. The summed E-state index contributed by atoms with van der Waals surface area (Å²) in [5, 5.41) is 9.89. The molecule has 1 N–H and O–H groups in total. The summed E-state index contributed by atoms with van der Waals surface area (Å²) in [6, 6.07) is 17.2. The molecule has 19 heavy (non-hydrogen) atoms. The second kappa shape index (κ2) is 7.49. The van der Waals surface area contributed by atoms with Crippen LogP contribution in [0.1, 0.15) is 32.4 Å². The maximum absolute atomic E-state index is 11.3. The van der Waals surface area contributed by atoms with Crippen molar-refractivity contribution in [2.45, 2.75) is 26.9 Å². The van der Waals surface area contributed by atoms with Gasteiger partial charge in [0.25, 0.3) is 0 Å². The highest BCUT2D eigenvalue weighted by Crippen LogP contribution is 2.28. The number of aliphatic hydroxyl groups is 1. The van der Waals surface area contributed by atoms with Crippen LogP contribution in [0.15, 0.2) is 54.6 Å². The Morgan fingerprint density at radius 3 is 2.05 bits per heavy atom. The summed E-state index contributed by atoms with van der Waals surface area (Å²) in [5.74, 6) is -0.242. The fraction of sp³-hybridized carbons (Fsp3) is 0.235. The predicted octanol–water partition coefficient (Wildman–Crippen LogP) is 4.00. The van der Waals surface area contributed by atoms with E-state index in [1.54, 1.807) is 6.07 Å². The number of ketones is 1. The normalized spacial score (nSPS) is 11.2. The molecular weight excluding hydrogens is 236 g/mol. The van der Waals surface area contributed by atoms with Gasteiger partial charge in [-0.25, -0.2) is 0 Å². The first kappa shape index (κ1) is 15.1. The molecule has 2 heteroatoms. The second-order valence-electron chi connectivity index (χ2n) is 3.97. The van der Waals surface area contributed by atoms with E-state index in [0.29, 0.717) is 5.56 Å². The third-order valence-electron chi connectivity index (χ3n) is 2.73. The van der Waals surface area contributed by atoms with Crippen LogP contribution in [-0.2, 0) is 4.79 Å². The molecule has 0 radical (unpaired) electrons. The Morgan fingerprint density at radius 1 is 0.947 bits per heavy atom. The molecule has 0 fully saturated rings. The van der Waals surface area contributed by atoms with Crippen molar-refractivity contribution in [2.24, 2.45) is 0 Å². The number of Topliss-reactive ketones (excluding diaryl/α,β-unsaturated/α-hetero) is 1. The zero-order valence-electron chi connectivity index (χ0n) is 11.6. The number of hydrogen-bond acceptors (Lipinski definition) is 2. The zero-order valence-corrected chi connectivity index (χ0v) is 11.6. The molecule has 2 nitrogen and oxygen atoms in total. The monoisotopic (exact) mass is 256 g/mol. The lowest BCUT2D eigenvalue weighted by Crippen LogP contribution is -2.08. The van der Waals surface area contributed by atoms with E-state index in [1.165, 1.54) is 6.92 Å². The Balaban J connectivity index is 0.000000861. The quantitative estimate of drug-likeness (QED) is 0.901. The van der Waals surface area contributed by atoms with Crippen molar-refractivity contribution >= 4 is 5.78 Å². The molecular formula is C17H20O2. The number of carbonyl (C=O) groups is 1. The van der Waals surface area contributed by atoms with Crippen LogP contribution < -0.4 is 0 Å². The second-order valence-corrected chi connectivity index (χ2v) is 3.97. The van der Waals surface area contributed by atoms with Gasteiger partial charge in [0.2, 0.25) is 0 Å². The molecule has 0 aliphatic carbocycles. The predicted molar refractivity (Wildman–Crippen MR) is 78.9 cm³/mol. The van der Waals surface area contributed by atoms with Crippen LogP contribution in [0.4, 0.5) is 0 Å². The van der Waals surface area contributed by atoms with Crippen LogP contribution in [0.5, 0.6) is 0 Å². The van der Waals surface area contributed by atoms with E-state index in [9.17, 15) is 9.90 Å². The van der Waals surface area contributed by atoms with Gasteiger partial charge in [-0.2, -0.15) is 0 Å². The summed E-state index contributed by atoms with van der Waals surface area (Å²) >= 11 is 0. The Labute approximate surface area is 114 Å². The minimum Gasteiger partial charge on any atom is -0.381 e. The summed E-state index contributed by atoms with van der Waals surface area (Å²) in [5.41, 5.74) is 2.56. The molecule has 0 saturated carbocycles. The molecule has 0 amide bonds. The number of rotatable bonds is 3. The molecule has 0 heterocycles. The summed E-state index contributed by atoms with van der Waals surface area (Å²) in [7, 11) is 0. The number of aliphatic hydroxyl groups excluding tert-OH is 1. The van der Waals surface area contributed by atoms with Crippen LogP contribution in [0.2, 0.25) is 0 Å². The summed E-state index contributed by atoms with van der Waals surface area (Å²) in [6.07, 6.45) is -1.05. The van der Waals surface area contributed by atoms with Gasteiger partial charge in [-0.15, -0.1) is 0 Å². The van der Waals surface area contributed by atoms with Gasteiger partial charge in [0.15, 0.2) is 5.78 Å². The average Bonchev–Trinajstić information content (AvgIpc) is 2.49. The van der Waals surface area contributed by atoms with Crippen LogP contribution in [0.25, 0.3) is 11.1 Å². The minimum absolute atomic E-state index is 0.242. The number of benzene rings is 2. The molecule has 0 saturated heterocycles. The van der Waals surface area contributed by atoms with Gasteiger partial charge < -0.3 is 5.11 Å². The molecule has 0 aliphatic heterocycles. The van der Waals surface area contributed by atoms with Crippen LogP contribution in [0, 0.1) is 0 Å². The van der Waals surface area contributed by atoms with Gasteiger partial charge in [-0.3, -0.25) is 4.79 Å². The minimum atomic E-state index is -1.05. The molecule has 2 aromatic carbocycles. The molecule has 0 spiro atoms. The van der Waals surface area contributed by atoms with E-state index in [4.69, 9.17) is 0 Å². The first-order chi connectivity index (χ1) is 9.20. The van der Waals surface area contributed by atoms with E-state index in [2.05, 4.69) is 0 Å². The molecule has 1 unspecified atom stereocenters. The van der Waals surface area contributed by atoms with Gasteiger partial charge in [0.05, 0.1) is 0 Å². The smallest absolute Gasteiger partial charge is 0.162 e. The average molecular weight is 256 g/mol. The highest BCUT2D eigenvalue weighted by atomic mass is 16.3. The van der Waals surface area contributed by atoms with Crippen LogP contribution in [-0.4, -0.2) is 10.9 Å². The lowest BCUT2D eigenvalue weighted by molar-refractivity contribution is -0.125. The fourth-order valence-corrected chi connectivity index (χ4v) is 1.84. The van der Waals surface area contributed by atoms with Crippen molar-refractivity contribution in [3.05, 3.63) is 60.2 Å². The van der Waals surface area contributed by atoms with Crippen LogP contribution in [0.3, 0.4) is 0 Å². The first-order valence-corrected chi connectivity index (χ1v) is 6.53. The third kappa shape index (κ3) is 3.76. The van der Waals surface area contributed by atoms with Gasteiger partial charge >= 0.3 is 0 Å². The van der Waals surface area contributed by atoms with Crippen molar-refractivity contribution in [2.75, 3.05) is 0 Å². The molecule has 0 bridgehead atoms. The summed E-state index contributed by atoms with van der Waals surface area (Å²) in [4.78, 5) is 11.3. The number of carbonyl (C=O) groups excluding carboxylic acids is 1. The number of hydrogen-bond donors (Lipinski definition) is 1. The lowest BCUT2D eigenvalue weighted by atomic mass is 9.95. The highest BCUT2D eigenvalue weighted by Gasteiger charge is 2.16. The van der Waals surface area contributed by atoms with Crippen LogP contribution >= 0.6 is 0 Å². The zero-order chi connectivity index (χ0) is 14.3. The molecule has 0 aromatic heterocycles. The highest BCUT2D eigenvalue weighted by molar-refractivity contribution is 5.84. The van der Waals surface area contributed by atoms with E-state index in [-0.39, 0.29) is 5.78 Å². The van der Waals surface area contributed by atoms with Gasteiger partial charge in [-0.1, -0.05) is 68.4 Å². The van der Waals surface area contributed by atoms with Gasteiger partial charge in [0.1, 0.15) is 6.10 Å². The van der Waals surface area contributed by atoms with Crippen molar-refractivity contribution < 1.29 is 9.90 Å². The van der Waals surface area contributed by atoms with Crippen molar-refractivity contribution in [3.8, 4) is 11.1 Å². The maximum atomic E-state index is 11.3. The topological polar surface area (TPSA) is 37.3 Å². The Hall–Kier alpha value is -1.93. The maximum Gasteiger partial charge on any atom is 0.162 e. The van der Waals surface area contributed by atoms with Crippen molar-refractivity contribution in [3.63, 3.8) is 0 Å². The molecule has 2 aromatic rings. The van der Waals surface area contributed by atoms with Crippen molar-refractivity contribution in [1.82, 2.24) is 0 Å². The van der Waals surface area contributed by atoms with E-state index >= 15 is 0 Å². The van der Waals surface area contributed by atoms with Gasteiger partial charge in [0, 0.05) is 0 Å². The molecule has 0 aliphatic rings. The Kier molecular flexibility index (Phi) is 5.97. The lowest BCUT2D eigenvalue weighted by Gasteiger charge is -2.13. The third-order valence-corrected chi connectivity index (χ3v) is 2.73.